The lowest BCUT2D eigenvalue weighted by Gasteiger charge is -2.17. The molecule has 6 nitrogen and oxygen atoms in total. The van der Waals surface area contributed by atoms with E-state index in [1.165, 1.54) is 17.0 Å². The second kappa shape index (κ2) is 7.20. The minimum atomic E-state index is -3.83. The molecule has 1 aliphatic heterocycles. The lowest BCUT2D eigenvalue weighted by atomic mass is 10.1. The normalized spacial score (nSPS) is 13.2. The van der Waals surface area contributed by atoms with Crippen molar-refractivity contribution < 1.29 is 17.9 Å². The Morgan fingerprint density at radius 2 is 1.72 bits per heavy atom. The Kier molecular flexibility index (Phi) is 4.84. The van der Waals surface area contributed by atoms with Gasteiger partial charge in [-0.2, -0.15) is 0 Å². The van der Waals surface area contributed by atoms with Crippen molar-refractivity contribution in [2.24, 2.45) is 0 Å². The van der Waals surface area contributed by atoms with Crippen molar-refractivity contribution in [3.05, 3.63) is 76.3 Å². The molecule has 4 rings (SSSR count). The lowest BCUT2D eigenvalue weighted by Crippen LogP contribution is -2.25. The smallest absolute Gasteiger partial charge is 0.263 e. The summed E-state index contributed by atoms with van der Waals surface area (Å²) in [5.41, 5.74) is 2.20. The Hall–Kier alpha value is -2.84. The number of hydrogen-bond acceptors (Lipinski definition) is 4. The van der Waals surface area contributed by atoms with Crippen LogP contribution in [0.3, 0.4) is 0 Å². The van der Waals surface area contributed by atoms with Crippen LogP contribution >= 0.6 is 15.9 Å². The van der Waals surface area contributed by atoms with E-state index in [4.69, 9.17) is 4.74 Å². The molecule has 0 aliphatic carbocycles. The molecule has 0 aromatic heterocycles. The minimum absolute atomic E-state index is 0.109. The quantitative estimate of drug-likeness (QED) is 0.585. The van der Waals surface area contributed by atoms with Crippen LogP contribution in [0.25, 0.3) is 0 Å². The molecular weight excluding hydrogens is 456 g/mol. The van der Waals surface area contributed by atoms with E-state index in [0.717, 1.165) is 5.56 Å². The highest BCUT2D eigenvalue weighted by Crippen LogP contribution is 2.39. The number of carbonyl (C=O) groups excluding carboxylic acids is 1. The van der Waals surface area contributed by atoms with Crippen molar-refractivity contribution in [3.63, 3.8) is 0 Å². The number of anilines is 2. The summed E-state index contributed by atoms with van der Waals surface area (Å²) in [5, 5.41) is 0. The van der Waals surface area contributed by atoms with E-state index >= 15 is 0 Å². The first kappa shape index (κ1) is 19.5. The Labute approximate surface area is 177 Å². The third-order valence-electron chi connectivity index (χ3n) is 4.59. The topological polar surface area (TPSA) is 75.7 Å². The Morgan fingerprint density at radius 3 is 2.48 bits per heavy atom. The summed E-state index contributed by atoms with van der Waals surface area (Å²) in [6.07, 6.45) is 0. The molecule has 0 bridgehead atoms. The maximum absolute atomic E-state index is 13.0. The second-order valence-electron chi connectivity index (χ2n) is 6.68. The van der Waals surface area contributed by atoms with Gasteiger partial charge < -0.3 is 9.64 Å². The SMILES string of the molecule is Cc1ccc2c(c1)N(C)C(=O)c1cc(NS(=O)(=O)c3ccccc3Br)ccc1O2. The van der Waals surface area contributed by atoms with Crippen LogP contribution in [0.1, 0.15) is 15.9 Å². The molecule has 1 N–H and O–H groups in total. The van der Waals surface area contributed by atoms with Crippen LogP contribution in [0.5, 0.6) is 11.5 Å². The largest absolute Gasteiger partial charge is 0.454 e. The number of sulfonamides is 1. The molecule has 1 amide bonds. The number of aryl methyl sites for hydroxylation is 1. The van der Waals surface area contributed by atoms with Gasteiger partial charge in [0, 0.05) is 17.2 Å². The van der Waals surface area contributed by atoms with Crippen LogP contribution in [0.15, 0.2) is 70.0 Å². The van der Waals surface area contributed by atoms with E-state index in [9.17, 15) is 13.2 Å². The summed E-state index contributed by atoms with van der Waals surface area (Å²) in [5.74, 6) is 0.645. The third kappa shape index (κ3) is 3.61. The number of nitrogens with zero attached hydrogens (tertiary/aromatic N) is 1. The molecule has 148 valence electrons. The van der Waals surface area contributed by atoms with E-state index < -0.39 is 10.0 Å². The van der Waals surface area contributed by atoms with E-state index in [2.05, 4.69) is 20.7 Å². The number of hydrogen-bond donors (Lipinski definition) is 1. The highest BCUT2D eigenvalue weighted by molar-refractivity contribution is 9.10. The average molecular weight is 473 g/mol. The van der Waals surface area contributed by atoms with Crippen molar-refractivity contribution in [3.8, 4) is 11.5 Å². The minimum Gasteiger partial charge on any atom is -0.454 e. The number of nitrogens with one attached hydrogen (secondary N) is 1. The van der Waals surface area contributed by atoms with Gasteiger partial charge in [-0.15, -0.1) is 0 Å². The van der Waals surface area contributed by atoms with Crippen LogP contribution < -0.4 is 14.4 Å². The molecular formula is C21H17BrN2O4S. The van der Waals surface area contributed by atoms with E-state index in [1.807, 2.05) is 25.1 Å². The first-order chi connectivity index (χ1) is 13.8. The fourth-order valence-electron chi connectivity index (χ4n) is 3.11. The number of halogens is 1. The average Bonchev–Trinajstić information content (AvgIpc) is 2.78. The molecule has 3 aromatic carbocycles. The third-order valence-corrected chi connectivity index (χ3v) is 6.98. The zero-order valence-corrected chi connectivity index (χ0v) is 18.0. The highest BCUT2D eigenvalue weighted by atomic mass is 79.9. The predicted molar refractivity (Wildman–Crippen MR) is 115 cm³/mol. The summed E-state index contributed by atoms with van der Waals surface area (Å²) in [6.45, 7) is 1.94. The van der Waals surface area contributed by atoms with Crippen molar-refractivity contribution >= 4 is 43.2 Å². The number of ether oxygens (including phenoxy) is 1. The summed E-state index contributed by atoms with van der Waals surface area (Å²) in [6, 6.07) is 16.8. The van der Waals surface area contributed by atoms with E-state index in [0.29, 0.717) is 21.7 Å². The molecule has 0 radical (unpaired) electrons. The van der Waals surface area contributed by atoms with Gasteiger partial charge in [-0.3, -0.25) is 9.52 Å². The van der Waals surface area contributed by atoms with Gasteiger partial charge in [-0.05, 0) is 70.9 Å². The predicted octanol–water partition coefficient (Wildman–Crippen LogP) is 4.94. The molecule has 8 heteroatoms. The Balaban J connectivity index is 1.73. The van der Waals surface area contributed by atoms with Gasteiger partial charge in [0.1, 0.15) is 10.6 Å². The summed E-state index contributed by atoms with van der Waals surface area (Å²) in [4.78, 5) is 14.6. The number of rotatable bonds is 3. The van der Waals surface area contributed by atoms with Gasteiger partial charge in [-0.1, -0.05) is 18.2 Å². The van der Waals surface area contributed by atoms with Crippen LogP contribution in [-0.2, 0) is 10.0 Å². The standard InChI is InChI=1S/C21H17BrN2O4S/c1-13-7-9-19-17(11-13)24(2)21(25)15-12-14(8-10-18(15)28-19)23-29(26,27)20-6-4-3-5-16(20)22/h3-12,23H,1-2H3. The van der Waals surface area contributed by atoms with E-state index in [1.54, 1.807) is 37.4 Å². The van der Waals surface area contributed by atoms with Crippen LogP contribution in [0.2, 0.25) is 0 Å². The molecule has 0 fully saturated rings. The molecule has 0 spiro atoms. The van der Waals surface area contributed by atoms with Crippen LogP contribution in [0, 0.1) is 6.92 Å². The maximum atomic E-state index is 13.0. The van der Waals surface area contributed by atoms with Crippen LogP contribution in [-0.4, -0.2) is 21.4 Å². The first-order valence-corrected chi connectivity index (χ1v) is 11.0. The van der Waals surface area contributed by atoms with Crippen molar-refractivity contribution in [1.82, 2.24) is 0 Å². The summed E-state index contributed by atoms with van der Waals surface area (Å²) >= 11 is 3.26. The molecule has 29 heavy (non-hydrogen) atoms. The molecule has 0 saturated carbocycles. The Bertz CT molecular complexity index is 1240. The molecule has 0 unspecified atom stereocenters. The van der Waals surface area contributed by atoms with Crippen LogP contribution in [0.4, 0.5) is 11.4 Å². The molecule has 1 heterocycles. The number of carbonyl (C=O) groups is 1. The zero-order valence-electron chi connectivity index (χ0n) is 15.6. The van der Waals surface area contributed by atoms with Gasteiger partial charge in [0.2, 0.25) is 0 Å². The number of fused-ring (bicyclic) bond motifs is 2. The summed E-state index contributed by atoms with van der Waals surface area (Å²) in [7, 11) is -2.17. The van der Waals surface area contributed by atoms with Crippen molar-refractivity contribution in [1.29, 1.82) is 0 Å². The van der Waals surface area contributed by atoms with Crippen molar-refractivity contribution in [2.75, 3.05) is 16.7 Å². The molecule has 0 atom stereocenters. The van der Waals surface area contributed by atoms with Crippen molar-refractivity contribution in [2.45, 2.75) is 11.8 Å². The van der Waals surface area contributed by atoms with Gasteiger partial charge in [0.15, 0.2) is 5.75 Å². The van der Waals surface area contributed by atoms with Gasteiger partial charge >= 0.3 is 0 Å². The van der Waals surface area contributed by atoms with Gasteiger partial charge in [-0.25, -0.2) is 8.42 Å². The first-order valence-electron chi connectivity index (χ1n) is 8.74. The molecule has 0 saturated heterocycles. The fourth-order valence-corrected chi connectivity index (χ4v) is 5.16. The zero-order chi connectivity index (χ0) is 20.8. The maximum Gasteiger partial charge on any atom is 0.263 e. The summed E-state index contributed by atoms with van der Waals surface area (Å²) < 4.78 is 34.4. The monoisotopic (exact) mass is 472 g/mol. The van der Waals surface area contributed by atoms with Gasteiger partial charge in [0.25, 0.3) is 15.9 Å². The lowest BCUT2D eigenvalue weighted by molar-refractivity contribution is 0.0993. The number of benzene rings is 3. The Morgan fingerprint density at radius 1 is 1.00 bits per heavy atom. The number of amides is 1. The molecule has 3 aromatic rings. The fraction of sp³-hybridized carbons (Fsp3) is 0.0952. The molecule has 1 aliphatic rings. The van der Waals surface area contributed by atoms with E-state index in [-0.39, 0.29) is 22.1 Å². The van der Waals surface area contributed by atoms with Gasteiger partial charge in [0.05, 0.1) is 11.3 Å². The highest BCUT2D eigenvalue weighted by Gasteiger charge is 2.27. The second-order valence-corrected chi connectivity index (χ2v) is 9.19.